The zero-order chi connectivity index (χ0) is 18.4. The number of aromatic nitrogens is 3. The molecule has 2 aliphatic rings. The molecule has 27 heavy (non-hydrogen) atoms. The van der Waals surface area contributed by atoms with Crippen molar-refractivity contribution in [1.29, 1.82) is 0 Å². The number of sulfonamides is 1. The van der Waals surface area contributed by atoms with Gasteiger partial charge in [0.25, 0.3) is 0 Å². The average Bonchev–Trinajstić information content (AvgIpc) is 3.29. The van der Waals surface area contributed by atoms with Crippen molar-refractivity contribution in [2.45, 2.75) is 30.2 Å². The Kier molecular flexibility index (Phi) is 3.87. The van der Waals surface area contributed by atoms with E-state index in [4.69, 9.17) is 0 Å². The number of rotatable bonds is 4. The predicted octanol–water partition coefficient (Wildman–Crippen LogP) is 2.68. The molecule has 7 heteroatoms. The number of benzene rings is 2. The number of hydrogen-bond acceptors (Lipinski definition) is 4. The van der Waals surface area contributed by atoms with Crippen molar-refractivity contribution in [2.24, 2.45) is 0 Å². The number of fused-ring (bicyclic) bond motifs is 1. The summed E-state index contributed by atoms with van der Waals surface area (Å²) in [6.45, 7) is 0.884. The van der Waals surface area contributed by atoms with E-state index in [0.29, 0.717) is 18.0 Å². The van der Waals surface area contributed by atoms with Crippen molar-refractivity contribution in [1.82, 2.24) is 19.1 Å². The Labute approximate surface area is 158 Å². The van der Waals surface area contributed by atoms with Gasteiger partial charge in [-0.05, 0) is 42.5 Å². The number of aryl methyl sites for hydroxylation is 2. The van der Waals surface area contributed by atoms with Gasteiger partial charge in [-0.2, -0.15) is 4.31 Å². The van der Waals surface area contributed by atoms with Crippen LogP contribution < -0.4 is 0 Å². The zero-order valence-electron chi connectivity index (χ0n) is 14.8. The Hall–Kier alpha value is -2.51. The van der Waals surface area contributed by atoms with Gasteiger partial charge in [-0.3, -0.25) is 0 Å². The molecule has 138 valence electrons. The highest BCUT2D eigenvalue weighted by Gasteiger charge is 2.39. The Morgan fingerprint density at radius 2 is 1.74 bits per heavy atom. The summed E-state index contributed by atoms with van der Waals surface area (Å²) in [5.74, 6) is 0.773. The van der Waals surface area contributed by atoms with Crippen LogP contribution in [0.1, 0.15) is 23.6 Å². The maximum atomic E-state index is 13.0. The fraction of sp³-hybridized carbons (Fsp3) is 0.300. The molecule has 0 N–H and O–H groups in total. The van der Waals surface area contributed by atoms with E-state index in [1.807, 2.05) is 47.0 Å². The first-order chi connectivity index (χ1) is 13.1. The van der Waals surface area contributed by atoms with Crippen molar-refractivity contribution >= 4 is 10.0 Å². The Morgan fingerprint density at radius 3 is 2.56 bits per heavy atom. The molecule has 0 saturated carbocycles. The van der Waals surface area contributed by atoms with Crippen molar-refractivity contribution in [3.63, 3.8) is 0 Å². The first kappa shape index (κ1) is 16.6. The maximum absolute atomic E-state index is 13.0. The van der Waals surface area contributed by atoms with Crippen LogP contribution >= 0.6 is 0 Å². The zero-order valence-corrected chi connectivity index (χ0v) is 15.6. The maximum Gasteiger partial charge on any atom is 0.243 e. The summed E-state index contributed by atoms with van der Waals surface area (Å²) in [6, 6.07) is 15.5. The van der Waals surface area contributed by atoms with Gasteiger partial charge < -0.3 is 4.57 Å². The molecule has 5 rings (SSSR count). The lowest BCUT2D eigenvalue weighted by molar-refractivity contribution is 0.205. The fourth-order valence-electron chi connectivity index (χ4n) is 3.95. The summed E-state index contributed by atoms with van der Waals surface area (Å²) in [6.07, 6.45) is 4.83. The van der Waals surface area contributed by atoms with E-state index in [1.165, 1.54) is 11.1 Å². The van der Waals surface area contributed by atoms with E-state index in [-0.39, 0.29) is 6.04 Å². The molecule has 0 amide bonds. The second-order valence-electron chi connectivity index (χ2n) is 7.19. The van der Waals surface area contributed by atoms with Gasteiger partial charge in [0.15, 0.2) is 5.82 Å². The van der Waals surface area contributed by atoms with E-state index in [2.05, 4.69) is 10.2 Å². The van der Waals surface area contributed by atoms with E-state index >= 15 is 0 Å². The van der Waals surface area contributed by atoms with Crippen LogP contribution in [0.25, 0.3) is 11.4 Å². The van der Waals surface area contributed by atoms with Crippen LogP contribution in [0, 0.1) is 0 Å². The summed E-state index contributed by atoms with van der Waals surface area (Å²) >= 11 is 0. The Bertz CT molecular complexity index is 1090. The molecule has 0 spiro atoms. The Balaban J connectivity index is 1.36. The molecule has 0 atom stereocenters. The molecule has 1 aliphatic carbocycles. The molecule has 6 nitrogen and oxygen atoms in total. The molecular weight excluding hydrogens is 360 g/mol. The van der Waals surface area contributed by atoms with Crippen LogP contribution in [0.15, 0.2) is 59.8 Å². The second-order valence-corrected chi connectivity index (χ2v) is 9.13. The van der Waals surface area contributed by atoms with Gasteiger partial charge in [-0.1, -0.05) is 36.4 Å². The minimum atomic E-state index is -3.45. The summed E-state index contributed by atoms with van der Waals surface area (Å²) in [4.78, 5) is 0.411. The van der Waals surface area contributed by atoms with Crippen LogP contribution in [0.2, 0.25) is 0 Å². The number of hydrogen-bond donors (Lipinski definition) is 0. The molecular formula is C20H20N4O2S. The lowest BCUT2D eigenvalue weighted by atomic mass is 10.1. The van der Waals surface area contributed by atoms with Crippen LogP contribution in [-0.4, -0.2) is 40.6 Å². The van der Waals surface area contributed by atoms with Crippen LogP contribution in [0.4, 0.5) is 0 Å². The molecule has 1 aliphatic heterocycles. The third-order valence-corrected chi connectivity index (χ3v) is 7.36. The van der Waals surface area contributed by atoms with Gasteiger partial charge in [0.1, 0.15) is 6.33 Å². The molecule has 0 radical (unpaired) electrons. The van der Waals surface area contributed by atoms with Gasteiger partial charge >= 0.3 is 0 Å². The highest BCUT2D eigenvalue weighted by Crippen LogP contribution is 2.32. The van der Waals surface area contributed by atoms with Crippen molar-refractivity contribution in [3.8, 4) is 11.4 Å². The van der Waals surface area contributed by atoms with E-state index < -0.39 is 10.0 Å². The minimum absolute atomic E-state index is 0.0550. The fourth-order valence-corrected chi connectivity index (χ4v) is 5.52. The topological polar surface area (TPSA) is 68.1 Å². The summed E-state index contributed by atoms with van der Waals surface area (Å²) in [7, 11) is -3.45. The third kappa shape index (κ3) is 2.78. The third-order valence-electron chi connectivity index (χ3n) is 5.53. The molecule has 2 heterocycles. The molecule has 1 fully saturated rings. The summed E-state index contributed by atoms with van der Waals surface area (Å²) in [5.41, 5.74) is 3.45. The molecule has 1 aromatic heterocycles. The van der Waals surface area contributed by atoms with Gasteiger partial charge in [-0.25, -0.2) is 8.42 Å². The molecule has 0 unspecified atom stereocenters. The van der Waals surface area contributed by atoms with E-state index in [1.54, 1.807) is 16.7 Å². The Morgan fingerprint density at radius 1 is 0.963 bits per heavy atom. The lowest BCUT2D eigenvalue weighted by Gasteiger charge is -2.39. The smallest absolute Gasteiger partial charge is 0.243 e. The average molecular weight is 380 g/mol. The quantitative estimate of drug-likeness (QED) is 0.698. The lowest BCUT2D eigenvalue weighted by Crippen LogP contribution is -2.50. The first-order valence-corrected chi connectivity index (χ1v) is 10.6. The van der Waals surface area contributed by atoms with Crippen molar-refractivity contribution < 1.29 is 8.42 Å². The predicted molar refractivity (Wildman–Crippen MR) is 102 cm³/mol. The molecule has 1 saturated heterocycles. The van der Waals surface area contributed by atoms with Gasteiger partial charge in [0, 0.05) is 18.7 Å². The highest BCUT2D eigenvalue weighted by atomic mass is 32.2. The largest absolute Gasteiger partial charge is 0.308 e. The first-order valence-electron chi connectivity index (χ1n) is 9.20. The minimum Gasteiger partial charge on any atom is -0.308 e. The standard InChI is InChI=1S/C20H20N4O2S/c25-27(26,19-10-9-15-7-4-8-17(15)11-19)23-12-18(13-23)24-14-21-22-20(24)16-5-2-1-3-6-16/h1-3,5-6,9-11,14,18H,4,7-8,12-13H2. The van der Waals surface area contributed by atoms with Gasteiger partial charge in [-0.15, -0.1) is 10.2 Å². The van der Waals surface area contributed by atoms with Crippen LogP contribution in [-0.2, 0) is 22.9 Å². The van der Waals surface area contributed by atoms with E-state index in [9.17, 15) is 8.42 Å². The second kappa shape index (κ2) is 6.28. The highest BCUT2D eigenvalue weighted by molar-refractivity contribution is 7.89. The molecule has 0 bridgehead atoms. The van der Waals surface area contributed by atoms with Gasteiger partial charge in [0.2, 0.25) is 10.0 Å². The van der Waals surface area contributed by atoms with Crippen LogP contribution in [0.5, 0.6) is 0 Å². The molecule has 2 aromatic carbocycles. The van der Waals surface area contributed by atoms with Crippen LogP contribution in [0.3, 0.4) is 0 Å². The van der Waals surface area contributed by atoms with Crippen molar-refractivity contribution in [2.75, 3.05) is 13.1 Å². The molecule has 3 aromatic rings. The van der Waals surface area contributed by atoms with Gasteiger partial charge in [0.05, 0.1) is 10.9 Å². The SMILES string of the molecule is O=S(=O)(c1ccc2c(c1)CCC2)N1CC(n2cnnc2-c2ccccc2)C1. The van der Waals surface area contributed by atoms with E-state index in [0.717, 1.165) is 30.7 Å². The summed E-state index contributed by atoms with van der Waals surface area (Å²) < 4.78 is 29.5. The summed E-state index contributed by atoms with van der Waals surface area (Å²) in [5, 5.41) is 8.25. The normalized spacial score (nSPS) is 17.6. The monoisotopic (exact) mass is 380 g/mol. The number of nitrogens with zero attached hydrogens (tertiary/aromatic N) is 4. The van der Waals surface area contributed by atoms with Crippen molar-refractivity contribution in [3.05, 3.63) is 66.0 Å².